The van der Waals surface area contributed by atoms with Crippen LogP contribution in [0.4, 0.5) is 5.69 Å². The van der Waals surface area contributed by atoms with Gasteiger partial charge in [0.25, 0.3) is 5.91 Å². The Morgan fingerprint density at radius 1 is 1.39 bits per heavy atom. The molecule has 2 rings (SSSR count). The number of nitrogens with zero attached hydrogens (tertiary/aromatic N) is 1. The van der Waals surface area contributed by atoms with Crippen molar-refractivity contribution in [2.75, 3.05) is 18.8 Å². The van der Waals surface area contributed by atoms with Crippen molar-refractivity contribution in [1.29, 1.82) is 0 Å². The van der Waals surface area contributed by atoms with E-state index >= 15 is 0 Å². The van der Waals surface area contributed by atoms with E-state index < -0.39 is 0 Å². The quantitative estimate of drug-likeness (QED) is 0.794. The predicted octanol–water partition coefficient (Wildman–Crippen LogP) is 2.17. The van der Waals surface area contributed by atoms with Gasteiger partial charge in [0.1, 0.15) is 0 Å². The van der Waals surface area contributed by atoms with Crippen LogP contribution in [0.3, 0.4) is 0 Å². The highest BCUT2D eigenvalue weighted by molar-refractivity contribution is 6.31. The van der Waals surface area contributed by atoms with Crippen LogP contribution >= 0.6 is 11.6 Å². The minimum Gasteiger partial charge on any atom is -0.398 e. The minimum absolute atomic E-state index is 0.0399. The van der Waals surface area contributed by atoms with Gasteiger partial charge in [0.05, 0.1) is 17.8 Å². The predicted molar refractivity (Wildman–Crippen MR) is 71.8 cm³/mol. The molecule has 2 atom stereocenters. The standard InChI is InChI=1S/C13H17ClN2O2/c1-8-6-16(7-9(2)18-8)13(17)11-5-10(14)3-4-12(11)15/h3-5,8-9H,6-7,15H2,1-2H3. The summed E-state index contributed by atoms with van der Waals surface area (Å²) in [6, 6.07) is 4.95. The third kappa shape index (κ3) is 2.76. The summed E-state index contributed by atoms with van der Waals surface area (Å²) in [5, 5.41) is 0.516. The van der Waals surface area contributed by atoms with E-state index in [0.717, 1.165) is 0 Å². The van der Waals surface area contributed by atoms with E-state index in [9.17, 15) is 4.79 Å². The molecule has 98 valence electrons. The van der Waals surface area contributed by atoms with Gasteiger partial charge in [0, 0.05) is 23.8 Å². The fourth-order valence-electron chi connectivity index (χ4n) is 2.23. The van der Waals surface area contributed by atoms with Crippen LogP contribution in [0, 0.1) is 0 Å². The molecule has 1 aromatic carbocycles. The maximum atomic E-state index is 12.4. The van der Waals surface area contributed by atoms with Crippen molar-refractivity contribution < 1.29 is 9.53 Å². The maximum Gasteiger partial charge on any atom is 0.256 e. The Morgan fingerprint density at radius 3 is 2.61 bits per heavy atom. The Balaban J connectivity index is 2.22. The summed E-state index contributed by atoms with van der Waals surface area (Å²) in [5.74, 6) is -0.0861. The van der Waals surface area contributed by atoms with Crippen molar-refractivity contribution >= 4 is 23.2 Å². The molecule has 0 aromatic heterocycles. The van der Waals surface area contributed by atoms with Crippen LogP contribution in [0.15, 0.2) is 18.2 Å². The van der Waals surface area contributed by atoms with Crippen LogP contribution in [0.5, 0.6) is 0 Å². The molecule has 0 spiro atoms. The number of carbonyl (C=O) groups excluding carboxylic acids is 1. The molecule has 2 N–H and O–H groups in total. The second kappa shape index (κ2) is 5.16. The zero-order chi connectivity index (χ0) is 13.3. The van der Waals surface area contributed by atoms with E-state index in [2.05, 4.69) is 0 Å². The van der Waals surface area contributed by atoms with E-state index in [0.29, 0.717) is 29.4 Å². The van der Waals surface area contributed by atoms with Gasteiger partial charge < -0.3 is 15.4 Å². The molecule has 1 aliphatic heterocycles. The minimum atomic E-state index is -0.0861. The number of nitrogen functional groups attached to an aromatic ring is 1. The monoisotopic (exact) mass is 268 g/mol. The van der Waals surface area contributed by atoms with Crippen molar-refractivity contribution in [3.05, 3.63) is 28.8 Å². The number of halogens is 1. The summed E-state index contributed by atoms with van der Waals surface area (Å²) in [5.41, 5.74) is 6.75. The van der Waals surface area contributed by atoms with Gasteiger partial charge in [-0.05, 0) is 32.0 Å². The van der Waals surface area contributed by atoms with Gasteiger partial charge in [-0.15, -0.1) is 0 Å². The molecule has 1 saturated heterocycles. The number of ether oxygens (including phenoxy) is 1. The molecule has 2 unspecified atom stereocenters. The summed E-state index contributed by atoms with van der Waals surface area (Å²) in [6.07, 6.45) is 0.0798. The SMILES string of the molecule is CC1CN(C(=O)c2cc(Cl)ccc2N)CC(C)O1. The normalized spacial score (nSPS) is 24.1. The molecule has 18 heavy (non-hydrogen) atoms. The second-order valence-corrected chi connectivity index (χ2v) is 5.14. The van der Waals surface area contributed by atoms with Gasteiger partial charge >= 0.3 is 0 Å². The molecular weight excluding hydrogens is 252 g/mol. The van der Waals surface area contributed by atoms with Crippen molar-refractivity contribution in [2.45, 2.75) is 26.1 Å². The average molecular weight is 269 g/mol. The molecule has 0 bridgehead atoms. The fourth-order valence-corrected chi connectivity index (χ4v) is 2.40. The third-order valence-electron chi connectivity index (χ3n) is 2.95. The fraction of sp³-hybridized carbons (Fsp3) is 0.462. The Labute approximate surface area is 112 Å². The van der Waals surface area contributed by atoms with E-state index in [1.165, 1.54) is 0 Å². The molecule has 1 aromatic rings. The zero-order valence-electron chi connectivity index (χ0n) is 10.5. The van der Waals surface area contributed by atoms with Crippen LogP contribution < -0.4 is 5.73 Å². The van der Waals surface area contributed by atoms with Crippen molar-refractivity contribution in [2.24, 2.45) is 0 Å². The van der Waals surface area contributed by atoms with Crippen LogP contribution in [0.25, 0.3) is 0 Å². The molecule has 1 fully saturated rings. The topological polar surface area (TPSA) is 55.6 Å². The Kier molecular flexibility index (Phi) is 3.78. The lowest BCUT2D eigenvalue weighted by Crippen LogP contribution is -2.48. The van der Waals surface area contributed by atoms with Gasteiger partial charge in [0.2, 0.25) is 0 Å². The molecule has 1 aliphatic rings. The van der Waals surface area contributed by atoms with Gasteiger partial charge in [-0.1, -0.05) is 11.6 Å². The van der Waals surface area contributed by atoms with E-state index in [-0.39, 0.29) is 18.1 Å². The molecule has 5 heteroatoms. The lowest BCUT2D eigenvalue weighted by atomic mass is 10.1. The van der Waals surface area contributed by atoms with Crippen LogP contribution in [-0.4, -0.2) is 36.1 Å². The first kappa shape index (κ1) is 13.2. The lowest BCUT2D eigenvalue weighted by molar-refractivity contribution is -0.0585. The summed E-state index contributed by atoms with van der Waals surface area (Å²) >= 11 is 5.91. The summed E-state index contributed by atoms with van der Waals surface area (Å²) < 4.78 is 5.61. The lowest BCUT2D eigenvalue weighted by Gasteiger charge is -2.35. The van der Waals surface area contributed by atoms with E-state index in [1.807, 2.05) is 13.8 Å². The van der Waals surface area contributed by atoms with Gasteiger partial charge in [-0.3, -0.25) is 4.79 Å². The summed E-state index contributed by atoms with van der Waals surface area (Å²) in [6.45, 7) is 5.07. The largest absolute Gasteiger partial charge is 0.398 e. The smallest absolute Gasteiger partial charge is 0.256 e. The number of carbonyl (C=O) groups is 1. The Hall–Kier alpha value is -1.26. The number of amides is 1. The molecule has 4 nitrogen and oxygen atoms in total. The van der Waals surface area contributed by atoms with Crippen molar-refractivity contribution in [1.82, 2.24) is 4.90 Å². The Morgan fingerprint density at radius 2 is 2.00 bits per heavy atom. The van der Waals surface area contributed by atoms with Gasteiger partial charge in [0.15, 0.2) is 0 Å². The summed E-state index contributed by atoms with van der Waals surface area (Å²) in [4.78, 5) is 14.2. The highest BCUT2D eigenvalue weighted by Gasteiger charge is 2.27. The molecule has 1 amide bonds. The highest BCUT2D eigenvalue weighted by atomic mass is 35.5. The molecular formula is C13H17ClN2O2. The number of rotatable bonds is 1. The number of morpholine rings is 1. The van der Waals surface area contributed by atoms with Gasteiger partial charge in [-0.25, -0.2) is 0 Å². The number of hydrogen-bond donors (Lipinski definition) is 1. The van der Waals surface area contributed by atoms with Gasteiger partial charge in [-0.2, -0.15) is 0 Å². The van der Waals surface area contributed by atoms with Crippen molar-refractivity contribution in [3.63, 3.8) is 0 Å². The number of hydrogen-bond acceptors (Lipinski definition) is 3. The molecule has 0 radical (unpaired) electrons. The van der Waals surface area contributed by atoms with Crippen LogP contribution in [0.1, 0.15) is 24.2 Å². The van der Waals surface area contributed by atoms with E-state index in [1.54, 1.807) is 23.1 Å². The maximum absolute atomic E-state index is 12.4. The average Bonchev–Trinajstić information content (AvgIpc) is 2.30. The highest BCUT2D eigenvalue weighted by Crippen LogP contribution is 2.21. The molecule has 1 heterocycles. The number of benzene rings is 1. The molecule has 0 saturated carbocycles. The Bertz CT molecular complexity index is 454. The zero-order valence-corrected chi connectivity index (χ0v) is 11.3. The molecule has 0 aliphatic carbocycles. The van der Waals surface area contributed by atoms with E-state index in [4.69, 9.17) is 22.1 Å². The van der Waals surface area contributed by atoms with Crippen LogP contribution in [-0.2, 0) is 4.74 Å². The van der Waals surface area contributed by atoms with Crippen molar-refractivity contribution in [3.8, 4) is 0 Å². The first-order valence-electron chi connectivity index (χ1n) is 5.97. The number of nitrogens with two attached hydrogens (primary N) is 1. The first-order valence-corrected chi connectivity index (χ1v) is 6.35. The number of anilines is 1. The third-order valence-corrected chi connectivity index (χ3v) is 3.19. The summed E-state index contributed by atoms with van der Waals surface area (Å²) in [7, 11) is 0. The van der Waals surface area contributed by atoms with Crippen LogP contribution in [0.2, 0.25) is 5.02 Å². The second-order valence-electron chi connectivity index (χ2n) is 4.70. The first-order chi connectivity index (χ1) is 8.47.